The Bertz CT molecular complexity index is 1810. The number of hydrogen-bond donors (Lipinski definition) is 4. The molecule has 49 heavy (non-hydrogen) atoms. The number of ether oxygens (including phenoxy) is 2. The maximum absolute atomic E-state index is 12.6. The van der Waals surface area contributed by atoms with Crippen molar-refractivity contribution in [3.63, 3.8) is 0 Å². The standard InChI is InChI=1S/C35H35N5O8S/c1-2-47-35(46)40-18-15-25(16-19-40)38-29(42)14-7-22-5-8-24(9-6-22)32-31(39-33(49-32)27-4-3-17-36-27)23-10-12-26(13-11-23)48-21-30(43)37-20-28(41)34(44)45/h3-14,17,25,36H,2,15-16,18-21H2,1H3,(H,37,43)(H,38,42)(H,44,45)/b14-7+. The minimum atomic E-state index is -1.62. The molecule has 5 rings (SSSR count). The zero-order valence-electron chi connectivity index (χ0n) is 26.6. The van der Waals surface area contributed by atoms with E-state index in [9.17, 15) is 24.0 Å². The number of amides is 3. The molecule has 14 heteroatoms. The number of thiazole rings is 1. The van der Waals surface area contributed by atoms with E-state index in [4.69, 9.17) is 19.6 Å². The number of rotatable bonds is 13. The van der Waals surface area contributed by atoms with Gasteiger partial charge in [0, 0.05) is 37.0 Å². The summed E-state index contributed by atoms with van der Waals surface area (Å²) in [4.78, 5) is 69.0. The molecule has 13 nitrogen and oxygen atoms in total. The Morgan fingerprint density at radius 2 is 1.73 bits per heavy atom. The van der Waals surface area contributed by atoms with Crippen molar-refractivity contribution in [2.24, 2.45) is 0 Å². The summed E-state index contributed by atoms with van der Waals surface area (Å²) in [5, 5.41) is 14.7. The molecule has 1 aliphatic rings. The highest BCUT2D eigenvalue weighted by Crippen LogP contribution is 2.40. The first-order valence-corrected chi connectivity index (χ1v) is 16.4. The number of piperidine rings is 1. The summed E-state index contributed by atoms with van der Waals surface area (Å²) >= 11 is 1.53. The number of likely N-dealkylation sites (tertiary alicyclic amines) is 1. The Kier molecular flexibility index (Phi) is 11.6. The number of nitrogens with zero attached hydrogens (tertiary/aromatic N) is 2. The first kappa shape index (κ1) is 34.6. The van der Waals surface area contributed by atoms with Crippen LogP contribution in [-0.4, -0.2) is 88.5 Å². The largest absolute Gasteiger partial charge is 0.484 e. The minimum absolute atomic E-state index is 0.00802. The van der Waals surface area contributed by atoms with Gasteiger partial charge in [0.05, 0.1) is 29.4 Å². The molecule has 0 radical (unpaired) electrons. The third-order valence-corrected chi connectivity index (χ3v) is 8.74. The van der Waals surface area contributed by atoms with Crippen molar-refractivity contribution in [1.29, 1.82) is 0 Å². The van der Waals surface area contributed by atoms with Gasteiger partial charge in [-0.15, -0.1) is 11.3 Å². The number of H-pyrrole nitrogens is 1. The second-order valence-corrected chi connectivity index (χ2v) is 12.0. The van der Waals surface area contributed by atoms with E-state index in [-0.39, 0.29) is 24.6 Å². The van der Waals surface area contributed by atoms with Crippen molar-refractivity contribution in [1.82, 2.24) is 25.5 Å². The smallest absolute Gasteiger partial charge is 0.409 e. The number of nitrogens with one attached hydrogen (secondary N) is 3. The van der Waals surface area contributed by atoms with Crippen molar-refractivity contribution in [3.8, 4) is 38.1 Å². The molecule has 254 valence electrons. The Balaban J connectivity index is 1.23. The van der Waals surface area contributed by atoms with E-state index in [0.717, 1.165) is 38.0 Å². The summed E-state index contributed by atoms with van der Waals surface area (Å²) in [5.74, 6) is -3.14. The summed E-state index contributed by atoms with van der Waals surface area (Å²) in [6.07, 6.45) is 6.12. The molecule has 0 saturated carbocycles. The van der Waals surface area contributed by atoms with E-state index in [1.807, 2.05) is 54.7 Å². The summed E-state index contributed by atoms with van der Waals surface area (Å²) in [6, 6.07) is 18.7. The highest BCUT2D eigenvalue weighted by Gasteiger charge is 2.24. The molecule has 1 aliphatic heterocycles. The van der Waals surface area contributed by atoms with Gasteiger partial charge < -0.3 is 35.1 Å². The SMILES string of the molecule is CCOC(=O)N1CCC(NC(=O)/C=C/c2ccc(-c3sc(-c4ccc[nH]4)nc3-c3ccc(OCC(=O)NCC(=O)C(=O)O)cc3)cc2)CC1. The summed E-state index contributed by atoms with van der Waals surface area (Å²) in [5.41, 5.74) is 4.24. The molecule has 1 fully saturated rings. The van der Waals surface area contributed by atoms with Crippen LogP contribution >= 0.6 is 11.3 Å². The Labute approximate surface area is 286 Å². The van der Waals surface area contributed by atoms with Crippen molar-refractivity contribution < 1.29 is 38.6 Å². The van der Waals surface area contributed by atoms with Gasteiger partial charge in [0.1, 0.15) is 10.8 Å². The van der Waals surface area contributed by atoms with Crippen LogP contribution in [0.1, 0.15) is 25.3 Å². The molecule has 0 bridgehead atoms. The highest BCUT2D eigenvalue weighted by molar-refractivity contribution is 7.18. The second-order valence-electron chi connectivity index (χ2n) is 11.0. The third kappa shape index (κ3) is 9.41. The average molecular weight is 686 g/mol. The van der Waals surface area contributed by atoms with Gasteiger partial charge in [-0.05, 0) is 73.4 Å². The normalized spacial score (nSPS) is 13.2. The van der Waals surface area contributed by atoms with Gasteiger partial charge in [0.15, 0.2) is 6.61 Å². The van der Waals surface area contributed by atoms with Gasteiger partial charge >= 0.3 is 12.1 Å². The van der Waals surface area contributed by atoms with Gasteiger partial charge in [0.25, 0.3) is 11.7 Å². The van der Waals surface area contributed by atoms with Crippen LogP contribution in [0.2, 0.25) is 0 Å². The number of aromatic nitrogens is 2. The number of carboxylic acids is 1. The lowest BCUT2D eigenvalue weighted by Crippen LogP contribution is -2.46. The minimum Gasteiger partial charge on any atom is -0.484 e. The van der Waals surface area contributed by atoms with Gasteiger partial charge in [-0.3, -0.25) is 14.4 Å². The third-order valence-electron chi connectivity index (χ3n) is 7.61. The number of carboxylic acid groups (broad SMARTS) is 1. The molecule has 3 heterocycles. The Morgan fingerprint density at radius 3 is 2.39 bits per heavy atom. The predicted octanol–water partition coefficient (Wildman–Crippen LogP) is 4.37. The Hall–Kier alpha value is -5.76. The Morgan fingerprint density at radius 1 is 1.02 bits per heavy atom. The van der Waals surface area contributed by atoms with Crippen molar-refractivity contribution in [3.05, 3.63) is 78.5 Å². The quantitative estimate of drug-likeness (QED) is 0.117. The van der Waals surface area contributed by atoms with Gasteiger partial charge in [-0.1, -0.05) is 24.3 Å². The van der Waals surface area contributed by atoms with Crippen molar-refractivity contribution in [2.45, 2.75) is 25.8 Å². The molecule has 0 aliphatic carbocycles. The van der Waals surface area contributed by atoms with Crippen molar-refractivity contribution in [2.75, 3.05) is 32.8 Å². The molecular formula is C35H35N5O8S. The molecule has 0 unspecified atom stereocenters. The number of carbonyl (C=O) groups excluding carboxylic acids is 4. The fourth-order valence-corrected chi connectivity index (χ4v) is 6.12. The number of ketones is 1. The lowest BCUT2D eigenvalue weighted by molar-refractivity contribution is -0.148. The first-order valence-electron chi connectivity index (χ1n) is 15.6. The number of hydrogen-bond acceptors (Lipinski definition) is 9. The molecule has 3 amide bonds. The summed E-state index contributed by atoms with van der Waals surface area (Å²) < 4.78 is 10.6. The molecule has 4 aromatic rings. The predicted molar refractivity (Wildman–Crippen MR) is 183 cm³/mol. The lowest BCUT2D eigenvalue weighted by Gasteiger charge is -2.31. The molecule has 0 spiro atoms. The molecule has 4 N–H and O–H groups in total. The van der Waals surface area contributed by atoms with E-state index >= 15 is 0 Å². The maximum Gasteiger partial charge on any atom is 0.409 e. The summed E-state index contributed by atoms with van der Waals surface area (Å²) in [6.45, 7) is 2.19. The van der Waals surface area contributed by atoms with Crippen molar-refractivity contribution >= 4 is 47.1 Å². The maximum atomic E-state index is 12.6. The van der Waals surface area contributed by atoms with E-state index in [2.05, 4.69) is 15.6 Å². The van der Waals surface area contributed by atoms with E-state index < -0.39 is 24.2 Å². The molecule has 2 aromatic heterocycles. The summed E-state index contributed by atoms with van der Waals surface area (Å²) in [7, 11) is 0. The fourth-order valence-electron chi connectivity index (χ4n) is 5.04. The van der Waals surface area contributed by atoms with E-state index in [1.54, 1.807) is 30.0 Å². The van der Waals surface area contributed by atoms with E-state index in [1.165, 1.54) is 17.4 Å². The topological polar surface area (TPSA) is 180 Å². The molecule has 1 saturated heterocycles. The van der Waals surface area contributed by atoms with Crippen LogP contribution in [0, 0.1) is 0 Å². The van der Waals surface area contributed by atoms with Gasteiger partial charge in [-0.25, -0.2) is 14.6 Å². The van der Waals surface area contributed by atoms with Crippen LogP contribution in [0.5, 0.6) is 5.75 Å². The number of Topliss-reactive ketones (excluding diaryl/α,β-unsaturated/α-hetero) is 1. The zero-order valence-corrected chi connectivity index (χ0v) is 27.5. The number of carbonyl (C=O) groups is 5. The van der Waals surface area contributed by atoms with Crippen LogP contribution in [0.15, 0.2) is 72.9 Å². The molecular weight excluding hydrogens is 650 g/mol. The zero-order chi connectivity index (χ0) is 34.8. The highest BCUT2D eigenvalue weighted by atomic mass is 32.1. The molecule has 0 atom stereocenters. The van der Waals surface area contributed by atoms with Gasteiger partial charge in [0.2, 0.25) is 5.91 Å². The number of benzene rings is 2. The monoisotopic (exact) mass is 685 g/mol. The number of aliphatic carboxylic acids is 1. The van der Waals surface area contributed by atoms with Crippen LogP contribution in [0.3, 0.4) is 0 Å². The van der Waals surface area contributed by atoms with E-state index in [0.29, 0.717) is 38.3 Å². The lowest BCUT2D eigenvalue weighted by atomic mass is 10.0. The average Bonchev–Trinajstić information content (AvgIpc) is 3.81. The fraction of sp³-hybridized carbons (Fsp3) is 0.257. The molecule has 2 aromatic carbocycles. The van der Waals surface area contributed by atoms with Crippen LogP contribution in [0.4, 0.5) is 4.79 Å². The van der Waals surface area contributed by atoms with Crippen LogP contribution < -0.4 is 15.4 Å². The second kappa shape index (κ2) is 16.4. The van der Waals surface area contributed by atoms with Gasteiger partial charge in [-0.2, -0.15) is 0 Å². The number of aromatic amines is 1. The van der Waals surface area contributed by atoms with Crippen LogP contribution in [0.25, 0.3) is 38.5 Å². The first-order chi connectivity index (χ1) is 23.7. The van der Waals surface area contributed by atoms with Crippen LogP contribution in [-0.2, 0) is 23.9 Å².